The second-order valence-electron chi connectivity index (χ2n) is 7.29. The number of carbonyl (C=O) groups excluding carboxylic acids is 2. The summed E-state index contributed by atoms with van der Waals surface area (Å²) in [5.74, 6) is 0.835. The van der Waals surface area contributed by atoms with Crippen molar-refractivity contribution in [1.82, 2.24) is 5.32 Å². The molecular weight excluding hydrogens is 322 g/mol. The lowest BCUT2D eigenvalue weighted by molar-refractivity contribution is -0.143. The van der Waals surface area contributed by atoms with E-state index in [2.05, 4.69) is 5.32 Å². The molecule has 1 aliphatic rings. The number of carbonyl (C=O) groups is 2. The molecule has 0 aromatic heterocycles. The lowest BCUT2D eigenvalue weighted by Crippen LogP contribution is -2.45. The average Bonchev–Trinajstić information content (AvgIpc) is 3.35. The van der Waals surface area contributed by atoms with Crippen LogP contribution < -0.4 is 10.1 Å². The second kappa shape index (κ2) is 8.23. The van der Waals surface area contributed by atoms with Crippen LogP contribution in [0.2, 0.25) is 0 Å². The van der Waals surface area contributed by atoms with E-state index >= 15 is 0 Å². The van der Waals surface area contributed by atoms with Crippen LogP contribution in [0, 0.1) is 5.92 Å². The molecule has 0 heterocycles. The van der Waals surface area contributed by atoms with Crippen molar-refractivity contribution in [3.05, 3.63) is 29.8 Å². The Hall–Kier alpha value is -2.24. The Morgan fingerprint density at radius 2 is 1.92 bits per heavy atom. The first-order chi connectivity index (χ1) is 11.8. The van der Waals surface area contributed by atoms with Gasteiger partial charge in [0.25, 0.3) is 0 Å². The summed E-state index contributed by atoms with van der Waals surface area (Å²) in [6, 6.07) is 6.68. The number of methoxy groups -OCH3 is 1. The molecule has 0 aliphatic heterocycles. The van der Waals surface area contributed by atoms with Crippen molar-refractivity contribution in [3.63, 3.8) is 0 Å². The van der Waals surface area contributed by atoms with Gasteiger partial charge in [0.1, 0.15) is 17.4 Å². The summed E-state index contributed by atoms with van der Waals surface area (Å²) in [6.07, 6.45) is 2.02. The summed E-state index contributed by atoms with van der Waals surface area (Å²) in [4.78, 5) is 24.1. The third kappa shape index (κ3) is 6.64. The Morgan fingerprint density at radius 3 is 2.52 bits per heavy atom. The van der Waals surface area contributed by atoms with Crippen LogP contribution in [-0.4, -0.2) is 37.4 Å². The van der Waals surface area contributed by atoms with E-state index in [-0.39, 0.29) is 6.42 Å². The van der Waals surface area contributed by atoms with Gasteiger partial charge in [0.05, 0.1) is 13.7 Å². The van der Waals surface area contributed by atoms with Gasteiger partial charge in [0, 0.05) is 6.42 Å². The standard InChI is InChI=1S/C19H27NO5/c1-19(2,3)25-18(22)20-15(17(21)23-4)11-14-7-5-6-8-16(14)24-12-13-9-10-13/h5-8,13,15H,9-12H2,1-4H3,(H,20,22)/t15-/m1/s1. The molecule has 0 radical (unpaired) electrons. The molecule has 0 saturated heterocycles. The Kier molecular flexibility index (Phi) is 6.28. The average molecular weight is 349 g/mol. The SMILES string of the molecule is COC(=O)[C@@H](Cc1ccccc1OCC1CC1)NC(=O)OC(C)(C)C. The van der Waals surface area contributed by atoms with E-state index in [0.29, 0.717) is 12.5 Å². The van der Waals surface area contributed by atoms with Crippen LogP contribution in [0.3, 0.4) is 0 Å². The zero-order valence-corrected chi connectivity index (χ0v) is 15.3. The molecule has 138 valence electrons. The molecule has 0 spiro atoms. The molecule has 0 bridgehead atoms. The van der Waals surface area contributed by atoms with Gasteiger partial charge < -0.3 is 19.5 Å². The fourth-order valence-corrected chi connectivity index (χ4v) is 2.31. The summed E-state index contributed by atoms with van der Waals surface area (Å²) in [5.41, 5.74) is 0.199. The van der Waals surface area contributed by atoms with Crippen molar-refractivity contribution < 1.29 is 23.8 Å². The van der Waals surface area contributed by atoms with Gasteiger partial charge in [-0.3, -0.25) is 0 Å². The minimum atomic E-state index is -0.842. The fourth-order valence-electron chi connectivity index (χ4n) is 2.31. The summed E-state index contributed by atoms with van der Waals surface area (Å²) >= 11 is 0. The number of ether oxygens (including phenoxy) is 3. The van der Waals surface area contributed by atoms with Gasteiger partial charge in [-0.15, -0.1) is 0 Å². The van der Waals surface area contributed by atoms with Crippen LogP contribution in [0.25, 0.3) is 0 Å². The van der Waals surface area contributed by atoms with E-state index in [1.54, 1.807) is 20.8 Å². The molecule has 25 heavy (non-hydrogen) atoms. The van der Waals surface area contributed by atoms with Crippen molar-refractivity contribution in [2.75, 3.05) is 13.7 Å². The van der Waals surface area contributed by atoms with E-state index < -0.39 is 23.7 Å². The maximum Gasteiger partial charge on any atom is 0.408 e. The van der Waals surface area contributed by atoms with Crippen LogP contribution in [-0.2, 0) is 20.7 Å². The monoisotopic (exact) mass is 349 g/mol. The number of alkyl carbamates (subject to hydrolysis) is 1. The van der Waals surface area contributed by atoms with E-state index in [1.165, 1.54) is 20.0 Å². The maximum atomic E-state index is 12.1. The van der Waals surface area contributed by atoms with E-state index in [1.807, 2.05) is 24.3 Å². The van der Waals surface area contributed by atoms with Gasteiger partial charge in [-0.05, 0) is 51.2 Å². The number of nitrogens with one attached hydrogen (secondary N) is 1. The predicted molar refractivity (Wildman–Crippen MR) is 93.5 cm³/mol. The number of para-hydroxylation sites is 1. The van der Waals surface area contributed by atoms with Crippen molar-refractivity contribution in [1.29, 1.82) is 0 Å². The van der Waals surface area contributed by atoms with Gasteiger partial charge in [0.15, 0.2) is 0 Å². The molecular formula is C19H27NO5. The fraction of sp³-hybridized carbons (Fsp3) is 0.579. The Morgan fingerprint density at radius 1 is 1.24 bits per heavy atom. The number of rotatable bonds is 7. The molecule has 1 N–H and O–H groups in total. The maximum absolute atomic E-state index is 12.1. The van der Waals surface area contributed by atoms with Crippen LogP contribution in [0.15, 0.2) is 24.3 Å². The Bertz CT molecular complexity index is 604. The van der Waals surface area contributed by atoms with E-state index in [0.717, 1.165) is 11.3 Å². The third-order valence-corrected chi connectivity index (χ3v) is 3.74. The lowest BCUT2D eigenvalue weighted by Gasteiger charge is -2.23. The predicted octanol–water partition coefficient (Wildman–Crippen LogP) is 3.08. The van der Waals surface area contributed by atoms with Crippen molar-refractivity contribution >= 4 is 12.1 Å². The quantitative estimate of drug-likeness (QED) is 0.766. The first kappa shape index (κ1) is 19.1. The molecule has 1 saturated carbocycles. The number of hydrogen-bond acceptors (Lipinski definition) is 5. The molecule has 1 aliphatic carbocycles. The minimum absolute atomic E-state index is 0.271. The number of amides is 1. The zero-order valence-electron chi connectivity index (χ0n) is 15.3. The van der Waals surface area contributed by atoms with Crippen LogP contribution in [0.1, 0.15) is 39.2 Å². The number of benzene rings is 1. The highest BCUT2D eigenvalue weighted by Gasteiger charge is 2.27. The van der Waals surface area contributed by atoms with Gasteiger partial charge in [-0.2, -0.15) is 0 Å². The summed E-state index contributed by atoms with van der Waals surface area (Å²) in [5, 5.41) is 2.59. The number of esters is 1. The zero-order chi connectivity index (χ0) is 18.4. The highest BCUT2D eigenvalue weighted by Crippen LogP contribution is 2.30. The van der Waals surface area contributed by atoms with Crippen LogP contribution in [0.5, 0.6) is 5.75 Å². The van der Waals surface area contributed by atoms with Crippen LogP contribution >= 0.6 is 0 Å². The minimum Gasteiger partial charge on any atom is -0.493 e. The molecule has 6 nitrogen and oxygen atoms in total. The summed E-state index contributed by atoms with van der Waals surface area (Å²) in [7, 11) is 1.29. The molecule has 1 aromatic rings. The van der Waals surface area contributed by atoms with E-state index in [9.17, 15) is 9.59 Å². The first-order valence-corrected chi connectivity index (χ1v) is 8.56. The molecule has 6 heteroatoms. The molecule has 0 unspecified atom stereocenters. The highest BCUT2D eigenvalue weighted by atomic mass is 16.6. The van der Waals surface area contributed by atoms with Crippen molar-refractivity contribution in [2.24, 2.45) is 5.92 Å². The normalized spacial score (nSPS) is 15.2. The topological polar surface area (TPSA) is 73.9 Å². The second-order valence-corrected chi connectivity index (χ2v) is 7.29. The van der Waals surface area contributed by atoms with E-state index in [4.69, 9.17) is 14.2 Å². The van der Waals surface area contributed by atoms with Crippen molar-refractivity contribution in [3.8, 4) is 5.75 Å². The Balaban J connectivity index is 2.05. The lowest BCUT2D eigenvalue weighted by atomic mass is 10.0. The van der Waals surface area contributed by atoms with Gasteiger partial charge in [0.2, 0.25) is 0 Å². The third-order valence-electron chi connectivity index (χ3n) is 3.74. The first-order valence-electron chi connectivity index (χ1n) is 8.56. The molecule has 2 rings (SSSR count). The van der Waals surface area contributed by atoms with Crippen molar-refractivity contribution in [2.45, 2.75) is 51.7 Å². The molecule has 1 fully saturated rings. The Labute approximate surface area is 148 Å². The molecule has 1 aromatic carbocycles. The van der Waals surface area contributed by atoms with Gasteiger partial charge >= 0.3 is 12.1 Å². The van der Waals surface area contributed by atoms with Crippen LogP contribution in [0.4, 0.5) is 4.79 Å². The largest absolute Gasteiger partial charge is 0.493 e. The molecule has 1 amide bonds. The number of hydrogen-bond donors (Lipinski definition) is 1. The smallest absolute Gasteiger partial charge is 0.408 e. The highest BCUT2D eigenvalue weighted by molar-refractivity contribution is 5.81. The summed E-state index contributed by atoms with van der Waals surface area (Å²) in [6.45, 7) is 5.97. The van der Waals surface area contributed by atoms with Gasteiger partial charge in [-0.1, -0.05) is 18.2 Å². The molecule has 1 atom stereocenters. The summed E-state index contributed by atoms with van der Waals surface area (Å²) < 4.78 is 15.9. The van der Waals surface area contributed by atoms with Gasteiger partial charge in [-0.25, -0.2) is 9.59 Å².